The van der Waals surface area contributed by atoms with Crippen molar-refractivity contribution >= 4 is 47.5 Å². The third-order valence-electron chi connectivity index (χ3n) is 4.45. The molecule has 4 N–H and O–H groups in total. The number of benzene rings is 1. The van der Waals surface area contributed by atoms with Crippen LogP contribution in [-0.2, 0) is 12.8 Å². The van der Waals surface area contributed by atoms with E-state index >= 15 is 0 Å². The monoisotopic (exact) mass is 422 g/mol. The minimum absolute atomic E-state index is 0. The average molecular weight is 423 g/mol. The van der Waals surface area contributed by atoms with E-state index < -0.39 is 0 Å². The van der Waals surface area contributed by atoms with Gasteiger partial charge in [0.1, 0.15) is 23.7 Å². The van der Waals surface area contributed by atoms with Crippen LogP contribution in [0.4, 0.5) is 11.8 Å². The molecule has 3 heterocycles. The van der Waals surface area contributed by atoms with Crippen molar-refractivity contribution in [1.29, 1.82) is 0 Å². The van der Waals surface area contributed by atoms with E-state index in [0.29, 0.717) is 19.1 Å². The van der Waals surface area contributed by atoms with Crippen LogP contribution in [0, 0.1) is 0 Å². The molecule has 0 atom stereocenters. The summed E-state index contributed by atoms with van der Waals surface area (Å²) in [7, 11) is 0. The minimum atomic E-state index is 0. The highest BCUT2D eigenvalue weighted by molar-refractivity contribution is 5.85. The molecule has 4 rings (SSSR count). The van der Waals surface area contributed by atoms with Gasteiger partial charge in [0.15, 0.2) is 0 Å². The molecule has 7 nitrogen and oxygen atoms in total. The summed E-state index contributed by atoms with van der Waals surface area (Å²) in [6, 6.07) is 9.90. The largest absolute Gasteiger partial charge is 0.489 e. The molecule has 0 radical (unpaired) electrons. The fraction of sp³-hybridized carbons (Fsp3) is 0.316. The van der Waals surface area contributed by atoms with Crippen molar-refractivity contribution in [2.45, 2.75) is 12.8 Å². The first kappa shape index (κ1) is 21.9. The van der Waals surface area contributed by atoms with E-state index in [-0.39, 0.29) is 24.8 Å². The first-order valence-electron chi connectivity index (χ1n) is 8.87. The highest BCUT2D eigenvalue weighted by atomic mass is 35.5. The number of anilines is 2. The minimum Gasteiger partial charge on any atom is -0.489 e. The maximum atomic E-state index is 5.93. The zero-order valence-corrected chi connectivity index (χ0v) is 17.0. The van der Waals surface area contributed by atoms with Gasteiger partial charge in [-0.05, 0) is 25.1 Å². The molecule has 0 saturated heterocycles. The Balaban J connectivity index is 0.00000140. The van der Waals surface area contributed by atoms with E-state index in [1.165, 1.54) is 0 Å². The summed E-state index contributed by atoms with van der Waals surface area (Å²) in [6.07, 6.45) is 3.54. The molecule has 28 heavy (non-hydrogen) atoms. The summed E-state index contributed by atoms with van der Waals surface area (Å²) in [4.78, 5) is 13.2. The van der Waals surface area contributed by atoms with E-state index in [2.05, 4.69) is 25.6 Å². The van der Waals surface area contributed by atoms with Crippen molar-refractivity contribution in [2.24, 2.45) is 0 Å². The predicted octanol–water partition coefficient (Wildman–Crippen LogP) is 2.63. The number of nitrogens with zero attached hydrogens (tertiary/aromatic N) is 3. The molecule has 1 aromatic carbocycles. The molecule has 0 amide bonds. The molecular formula is C19H24Cl2N6O. The SMILES string of the molecule is Cl.Cl.Nc1nc2c(c(NCCOc3cccc4cccnc34)n1)CCNCC2. The molecule has 150 valence electrons. The maximum Gasteiger partial charge on any atom is 0.222 e. The van der Waals surface area contributed by atoms with Crippen LogP contribution < -0.4 is 21.1 Å². The van der Waals surface area contributed by atoms with Gasteiger partial charge in [0.25, 0.3) is 0 Å². The summed E-state index contributed by atoms with van der Waals surface area (Å²) in [5, 5.41) is 7.80. The van der Waals surface area contributed by atoms with E-state index in [9.17, 15) is 0 Å². The lowest BCUT2D eigenvalue weighted by Gasteiger charge is -2.14. The van der Waals surface area contributed by atoms with Gasteiger partial charge in [0.2, 0.25) is 5.95 Å². The van der Waals surface area contributed by atoms with Gasteiger partial charge in [0.05, 0.1) is 12.2 Å². The van der Waals surface area contributed by atoms with E-state index in [1.807, 2.05) is 30.3 Å². The third kappa shape index (κ3) is 4.92. The number of nitrogen functional groups attached to an aromatic ring is 1. The molecule has 0 fully saturated rings. The fourth-order valence-electron chi connectivity index (χ4n) is 3.23. The second kappa shape index (κ2) is 10.3. The molecule has 0 bridgehead atoms. The van der Waals surface area contributed by atoms with Crippen LogP contribution >= 0.6 is 24.8 Å². The Morgan fingerprint density at radius 1 is 1.07 bits per heavy atom. The van der Waals surface area contributed by atoms with Crippen molar-refractivity contribution in [3.63, 3.8) is 0 Å². The number of ether oxygens (including phenoxy) is 1. The summed E-state index contributed by atoms with van der Waals surface area (Å²) >= 11 is 0. The van der Waals surface area contributed by atoms with Gasteiger partial charge in [-0.15, -0.1) is 24.8 Å². The zero-order valence-electron chi connectivity index (χ0n) is 15.4. The van der Waals surface area contributed by atoms with Crippen LogP contribution in [0.5, 0.6) is 5.75 Å². The normalized spacial score (nSPS) is 12.9. The Labute approximate surface area is 176 Å². The van der Waals surface area contributed by atoms with Gasteiger partial charge in [-0.1, -0.05) is 18.2 Å². The number of hydrogen-bond acceptors (Lipinski definition) is 7. The maximum absolute atomic E-state index is 5.93. The van der Waals surface area contributed by atoms with Crippen molar-refractivity contribution in [1.82, 2.24) is 20.3 Å². The molecule has 1 aliphatic heterocycles. The lowest BCUT2D eigenvalue weighted by atomic mass is 10.1. The quantitative estimate of drug-likeness (QED) is 0.543. The second-order valence-corrected chi connectivity index (χ2v) is 6.21. The first-order chi connectivity index (χ1) is 12.8. The van der Waals surface area contributed by atoms with Crippen LogP contribution in [0.2, 0.25) is 0 Å². The number of rotatable bonds is 5. The lowest BCUT2D eigenvalue weighted by molar-refractivity contribution is 0.336. The summed E-state index contributed by atoms with van der Waals surface area (Å²) in [6.45, 7) is 2.97. The molecule has 9 heteroatoms. The van der Waals surface area contributed by atoms with Gasteiger partial charge < -0.3 is 21.1 Å². The predicted molar refractivity (Wildman–Crippen MR) is 117 cm³/mol. The molecule has 3 aromatic rings. The molecule has 0 saturated carbocycles. The van der Waals surface area contributed by atoms with Gasteiger partial charge in [-0.3, -0.25) is 4.98 Å². The van der Waals surface area contributed by atoms with Gasteiger partial charge >= 0.3 is 0 Å². The van der Waals surface area contributed by atoms with Crippen LogP contribution in [-0.4, -0.2) is 41.2 Å². The van der Waals surface area contributed by atoms with Crippen LogP contribution in [0.1, 0.15) is 11.3 Å². The van der Waals surface area contributed by atoms with Gasteiger partial charge in [-0.25, -0.2) is 4.98 Å². The van der Waals surface area contributed by atoms with E-state index in [1.54, 1.807) is 6.20 Å². The zero-order chi connectivity index (χ0) is 17.8. The van der Waals surface area contributed by atoms with Crippen molar-refractivity contribution < 1.29 is 4.74 Å². The van der Waals surface area contributed by atoms with Crippen molar-refractivity contribution in [2.75, 3.05) is 37.3 Å². The first-order valence-corrected chi connectivity index (χ1v) is 8.87. The Morgan fingerprint density at radius 2 is 1.89 bits per heavy atom. The van der Waals surface area contributed by atoms with Crippen LogP contribution in [0.3, 0.4) is 0 Å². The van der Waals surface area contributed by atoms with E-state index in [4.69, 9.17) is 10.5 Å². The highest BCUT2D eigenvalue weighted by Crippen LogP contribution is 2.23. The second-order valence-electron chi connectivity index (χ2n) is 6.21. The number of nitrogens with one attached hydrogen (secondary N) is 2. The Hall–Kier alpha value is -2.35. The number of halogens is 2. The Bertz CT molecular complexity index is 919. The van der Waals surface area contributed by atoms with Crippen molar-refractivity contribution in [3.8, 4) is 5.75 Å². The molecule has 1 aliphatic rings. The van der Waals surface area contributed by atoms with Gasteiger partial charge in [-0.2, -0.15) is 4.98 Å². The van der Waals surface area contributed by atoms with Crippen LogP contribution in [0.15, 0.2) is 36.5 Å². The Morgan fingerprint density at radius 3 is 2.79 bits per heavy atom. The molecular weight excluding hydrogens is 399 g/mol. The third-order valence-corrected chi connectivity index (χ3v) is 4.45. The standard InChI is InChI=1S/C19H22N6O.2ClH/c20-19-24-15-7-10-21-9-6-14(15)18(25-19)23-11-12-26-16-5-1-3-13-4-2-8-22-17(13)16;;/h1-5,8,21H,6-7,9-12H2,(H3,20,23,24,25);2*1H. The topological polar surface area (TPSA) is 98.0 Å². The average Bonchev–Trinajstić information content (AvgIpc) is 2.90. The van der Waals surface area contributed by atoms with E-state index in [0.717, 1.165) is 59.7 Å². The number of hydrogen-bond donors (Lipinski definition) is 3. The smallest absolute Gasteiger partial charge is 0.222 e. The Kier molecular flexibility index (Phi) is 8.04. The number of fused-ring (bicyclic) bond motifs is 2. The van der Waals surface area contributed by atoms with Crippen LogP contribution in [0.25, 0.3) is 10.9 Å². The van der Waals surface area contributed by atoms with Crippen molar-refractivity contribution in [3.05, 3.63) is 47.8 Å². The number of para-hydroxylation sites is 1. The molecule has 0 spiro atoms. The summed E-state index contributed by atoms with van der Waals surface area (Å²) in [5.41, 5.74) is 8.93. The number of pyridine rings is 1. The fourth-order valence-corrected chi connectivity index (χ4v) is 3.23. The molecule has 2 aromatic heterocycles. The summed E-state index contributed by atoms with van der Waals surface area (Å²) < 4.78 is 5.93. The number of aromatic nitrogens is 3. The highest BCUT2D eigenvalue weighted by Gasteiger charge is 2.15. The lowest BCUT2D eigenvalue weighted by Crippen LogP contribution is -2.17. The molecule has 0 aliphatic carbocycles. The van der Waals surface area contributed by atoms with Gasteiger partial charge in [0, 0.05) is 30.1 Å². The molecule has 0 unspecified atom stereocenters. The summed E-state index contributed by atoms with van der Waals surface area (Å²) in [5.74, 6) is 1.92. The number of nitrogens with two attached hydrogens (primary N) is 1.